The molecule has 0 bridgehead atoms. The van der Waals surface area contributed by atoms with Crippen molar-refractivity contribution < 1.29 is 4.74 Å². The molecule has 0 saturated heterocycles. The van der Waals surface area contributed by atoms with Gasteiger partial charge in [0, 0.05) is 12.6 Å². The molecule has 0 radical (unpaired) electrons. The molecule has 3 rings (SSSR count). The van der Waals surface area contributed by atoms with Crippen LogP contribution in [0.25, 0.3) is 10.2 Å². The van der Waals surface area contributed by atoms with Gasteiger partial charge in [-0.25, -0.2) is 5.53 Å². The smallest absolute Gasteiger partial charge is 0.186 e. The third-order valence-electron chi connectivity index (χ3n) is 5.58. The molecular weight excluding hydrogens is 416 g/mol. The first-order valence-corrected chi connectivity index (χ1v) is 12.8. The molecule has 32 heavy (non-hydrogen) atoms. The highest BCUT2D eigenvalue weighted by atomic mass is 32.1. The number of fused-ring (bicyclic) bond motifs is 1. The van der Waals surface area contributed by atoms with Crippen LogP contribution >= 0.6 is 11.3 Å². The molecule has 172 valence electrons. The van der Waals surface area contributed by atoms with Gasteiger partial charge in [0.25, 0.3) is 0 Å². The zero-order valence-corrected chi connectivity index (χ0v) is 20.3. The monoisotopic (exact) mass is 452 g/mol. The molecule has 1 heterocycles. The van der Waals surface area contributed by atoms with Crippen molar-refractivity contribution in [1.29, 1.82) is 5.53 Å². The minimum Gasteiger partial charge on any atom is -0.491 e. The molecule has 0 fully saturated rings. The van der Waals surface area contributed by atoms with Crippen LogP contribution in [-0.4, -0.2) is 17.7 Å². The predicted octanol–water partition coefficient (Wildman–Crippen LogP) is 7.85. The second kappa shape index (κ2) is 13.2. The van der Waals surface area contributed by atoms with Crippen LogP contribution in [0, 0.1) is 5.53 Å². The number of aromatic nitrogens is 1. The average molecular weight is 453 g/mol. The molecule has 0 unspecified atom stereocenters. The first kappa shape index (κ1) is 24.2. The number of ether oxygens (including phenoxy) is 1. The van der Waals surface area contributed by atoms with Crippen LogP contribution in [0.2, 0.25) is 0 Å². The lowest BCUT2D eigenvalue weighted by molar-refractivity contribution is 0.305. The van der Waals surface area contributed by atoms with Crippen molar-refractivity contribution in [3.05, 3.63) is 52.8 Å². The second-order valence-electron chi connectivity index (χ2n) is 8.21. The highest BCUT2D eigenvalue weighted by Crippen LogP contribution is 2.34. The highest BCUT2D eigenvalue weighted by molar-refractivity contribution is 7.16. The SMILES string of the molecule is CCCCCCCCOc1cc2c(cc1N=N)s/c(=N/CCCC)n2Cc1ccccc1. The van der Waals surface area contributed by atoms with Crippen molar-refractivity contribution in [2.24, 2.45) is 10.1 Å². The highest BCUT2D eigenvalue weighted by Gasteiger charge is 2.13. The van der Waals surface area contributed by atoms with Gasteiger partial charge in [0.05, 0.1) is 23.4 Å². The van der Waals surface area contributed by atoms with Crippen LogP contribution in [0.5, 0.6) is 5.75 Å². The van der Waals surface area contributed by atoms with Crippen molar-refractivity contribution in [2.75, 3.05) is 13.2 Å². The quantitative estimate of drug-likeness (QED) is 0.196. The van der Waals surface area contributed by atoms with E-state index in [0.29, 0.717) is 18.0 Å². The number of nitrogens with one attached hydrogen (secondary N) is 1. The van der Waals surface area contributed by atoms with Gasteiger partial charge in [0.2, 0.25) is 0 Å². The van der Waals surface area contributed by atoms with Crippen LogP contribution in [0.3, 0.4) is 0 Å². The van der Waals surface area contributed by atoms with E-state index < -0.39 is 0 Å². The number of unbranched alkanes of at least 4 members (excludes halogenated alkanes) is 6. The Labute approximate surface area is 195 Å². The fraction of sp³-hybridized carbons (Fsp3) is 0.500. The molecule has 0 aliphatic heterocycles. The summed E-state index contributed by atoms with van der Waals surface area (Å²) in [7, 11) is 0. The van der Waals surface area contributed by atoms with E-state index in [1.165, 1.54) is 37.7 Å². The van der Waals surface area contributed by atoms with E-state index in [1.54, 1.807) is 11.3 Å². The van der Waals surface area contributed by atoms with E-state index in [2.05, 4.69) is 53.9 Å². The number of rotatable bonds is 14. The van der Waals surface area contributed by atoms with Gasteiger partial charge >= 0.3 is 0 Å². The fourth-order valence-electron chi connectivity index (χ4n) is 3.72. The number of thiazole rings is 1. The summed E-state index contributed by atoms with van der Waals surface area (Å²) >= 11 is 1.67. The summed E-state index contributed by atoms with van der Waals surface area (Å²) < 4.78 is 9.47. The van der Waals surface area contributed by atoms with Gasteiger partial charge in [-0.1, -0.05) is 94.0 Å². The Morgan fingerprint density at radius 2 is 1.69 bits per heavy atom. The van der Waals surface area contributed by atoms with Gasteiger partial charge < -0.3 is 9.30 Å². The summed E-state index contributed by atoms with van der Waals surface area (Å²) in [5.74, 6) is 0.695. The van der Waals surface area contributed by atoms with E-state index in [4.69, 9.17) is 15.3 Å². The van der Waals surface area contributed by atoms with Crippen molar-refractivity contribution in [3.63, 3.8) is 0 Å². The van der Waals surface area contributed by atoms with Gasteiger partial charge in [-0.3, -0.25) is 4.99 Å². The van der Waals surface area contributed by atoms with E-state index in [1.807, 2.05) is 12.1 Å². The number of nitrogens with zero attached hydrogens (tertiary/aromatic N) is 3. The van der Waals surface area contributed by atoms with Crippen LogP contribution < -0.4 is 9.54 Å². The molecule has 0 aliphatic carbocycles. The zero-order chi connectivity index (χ0) is 22.6. The molecule has 0 amide bonds. The van der Waals surface area contributed by atoms with E-state index in [9.17, 15) is 0 Å². The Morgan fingerprint density at radius 3 is 2.44 bits per heavy atom. The van der Waals surface area contributed by atoms with Crippen molar-refractivity contribution in [3.8, 4) is 5.75 Å². The molecule has 6 heteroatoms. The molecule has 0 spiro atoms. The first-order valence-electron chi connectivity index (χ1n) is 12.0. The van der Waals surface area contributed by atoms with Crippen LogP contribution in [0.1, 0.15) is 70.8 Å². The Balaban J connectivity index is 1.86. The molecular formula is C26H36N4OS. The predicted molar refractivity (Wildman–Crippen MR) is 134 cm³/mol. The standard InChI is InChI=1S/C26H36N4OS/c1-3-5-7-8-9-13-17-31-24-19-23-25(18-22(24)29-27)32-26(28-16-6-4-2)30(23)20-21-14-11-10-12-15-21/h10-12,14-15,18-19,27H,3-9,13,16-17,20H2,1-2H3/b28-26+,29-27?. The van der Waals surface area contributed by atoms with Gasteiger partial charge in [0.15, 0.2) is 4.80 Å². The van der Waals surface area contributed by atoms with E-state index >= 15 is 0 Å². The molecule has 1 aromatic heterocycles. The molecule has 0 saturated carbocycles. The van der Waals surface area contributed by atoms with Gasteiger partial charge in [-0.2, -0.15) is 5.11 Å². The Morgan fingerprint density at radius 1 is 0.938 bits per heavy atom. The number of hydrogen-bond donors (Lipinski definition) is 1. The van der Waals surface area contributed by atoms with Crippen LogP contribution in [0.4, 0.5) is 5.69 Å². The van der Waals surface area contributed by atoms with Crippen molar-refractivity contribution in [1.82, 2.24) is 4.57 Å². The van der Waals surface area contributed by atoms with Gasteiger partial charge in [-0.15, -0.1) is 0 Å². The second-order valence-corrected chi connectivity index (χ2v) is 9.22. The number of hydrogen-bond acceptors (Lipinski definition) is 5. The molecule has 5 nitrogen and oxygen atoms in total. The van der Waals surface area contributed by atoms with E-state index in [-0.39, 0.29) is 0 Å². The Kier molecular flexibility index (Phi) is 9.95. The van der Waals surface area contributed by atoms with Gasteiger partial charge in [-0.05, 0) is 24.5 Å². The maximum Gasteiger partial charge on any atom is 0.186 e. The Bertz CT molecular complexity index is 1040. The maximum absolute atomic E-state index is 7.65. The fourth-order valence-corrected chi connectivity index (χ4v) is 4.79. The van der Waals surface area contributed by atoms with Gasteiger partial charge in [0.1, 0.15) is 11.4 Å². The molecule has 1 N–H and O–H groups in total. The summed E-state index contributed by atoms with van der Waals surface area (Å²) in [6.07, 6.45) is 9.56. The van der Waals surface area contributed by atoms with Crippen LogP contribution in [-0.2, 0) is 6.54 Å². The number of benzene rings is 2. The minimum absolute atomic E-state index is 0.594. The minimum atomic E-state index is 0.594. The largest absolute Gasteiger partial charge is 0.491 e. The summed E-state index contributed by atoms with van der Waals surface area (Å²) in [6, 6.07) is 14.5. The summed E-state index contributed by atoms with van der Waals surface area (Å²) in [5.41, 5.74) is 10.6. The summed E-state index contributed by atoms with van der Waals surface area (Å²) in [5, 5.41) is 3.75. The lowest BCUT2D eigenvalue weighted by Crippen LogP contribution is -2.16. The Hall–Kier alpha value is -2.47. The topological polar surface area (TPSA) is 62.7 Å². The summed E-state index contributed by atoms with van der Waals surface area (Å²) in [6.45, 7) is 6.68. The van der Waals surface area contributed by atoms with Crippen LogP contribution in [0.15, 0.2) is 52.6 Å². The lowest BCUT2D eigenvalue weighted by atomic mass is 10.1. The summed E-state index contributed by atoms with van der Waals surface area (Å²) in [4.78, 5) is 5.90. The third kappa shape index (κ3) is 6.76. The normalized spacial score (nSPS) is 11.9. The molecule has 2 aromatic carbocycles. The average Bonchev–Trinajstić information content (AvgIpc) is 3.14. The molecule has 3 aromatic rings. The van der Waals surface area contributed by atoms with Crippen molar-refractivity contribution >= 4 is 27.2 Å². The van der Waals surface area contributed by atoms with Crippen molar-refractivity contribution in [2.45, 2.75) is 71.8 Å². The third-order valence-corrected chi connectivity index (χ3v) is 6.66. The molecule has 0 atom stereocenters. The zero-order valence-electron chi connectivity index (χ0n) is 19.5. The maximum atomic E-state index is 7.65. The molecule has 0 aliphatic rings. The lowest BCUT2D eigenvalue weighted by Gasteiger charge is -2.10. The first-order chi connectivity index (χ1) is 15.8. The van der Waals surface area contributed by atoms with E-state index in [0.717, 1.165) is 47.4 Å².